The Morgan fingerprint density at radius 2 is 1.93 bits per heavy atom. The minimum Gasteiger partial charge on any atom is -0.476 e. The van der Waals surface area contributed by atoms with Gasteiger partial charge in [-0.05, 0) is 86.8 Å². The summed E-state index contributed by atoms with van der Waals surface area (Å²) in [4.78, 5) is 15.8. The Balaban J connectivity index is 1.50. The van der Waals surface area contributed by atoms with E-state index in [1.165, 1.54) is 23.6 Å². The summed E-state index contributed by atoms with van der Waals surface area (Å²) in [5.41, 5.74) is 2.08. The van der Waals surface area contributed by atoms with E-state index in [0.29, 0.717) is 47.1 Å². The van der Waals surface area contributed by atoms with Gasteiger partial charge in [-0.25, -0.2) is 23.2 Å². The molecule has 4 aromatic rings. The van der Waals surface area contributed by atoms with Crippen molar-refractivity contribution in [2.45, 2.75) is 61.9 Å². The van der Waals surface area contributed by atoms with Crippen LogP contribution in [0.4, 0.5) is 8.78 Å². The lowest BCUT2D eigenvalue weighted by Gasteiger charge is -2.13. The Morgan fingerprint density at radius 3 is 2.58 bits per heavy atom. The molecule has 2 aliphatic carbocycles. The van der Waals surface area contributed by atoms with Gasteiger partial charge in [0.1, 0.15) is 11.4 Å². The summed E-state index contributed by atoms with van der Waals surface area (Å²) >= 11 is 1.14. The fourth-order valence-corrected chi connectivity index (χ4v) is 6.68. The molecule has 1 atom stereocenters. The summed E-state index contributed by atoms with van der Waals surface area (Å²) in [7, 11) is -2.35. The number of hydrogen-bond donors (Lipinski definition) is 3. The van der Waals surface area contributed by atoms with Crippen LogP contribution in [0, 0.1) is 29.4 Å². The zero-order chi connectivity index (χ0) is 30.3. The molecule has 0 bridgehead atoms. The molecule has 222 valence electrons. The normalized spacial score (nSPS) is 16.6. The van der Waals surface area contributed by atoms with Crippen LogP contribution >= 0.6 is 11.3 Å². The van der Waals surface area contributed by atoms with Crippen LogP contribution in [-0.4, -0.2) is 36.5 Å². The van der Waals surface area contributed by atoms with Gasteiger partial charge in [0.25, 0.3) is 0 Å². The molecule has 6 rings (SSSR count). The van der Waals surface area contributed by atoms with Gasteiger partial charge in [0.2, 0.25) is 10.0 Å². The van der Waals surface area contributed by atoms with Crippen LogP contribution in [0.2, 0.25) is 0 Å². The first-order chi connectivity index (χ1) is 20.6. The van der Waals surface area contributed by atoms with Crippen molar-refractivity contribution in [1.29, 1.82) is 0 Å². The second kappa shape index (κ2) is 11.7. The standard InChI is InChI=1S/C31H28F2N4O4S2/c32-23-7-6-21(16-20(23)9-12-31(40)10-1-2-11-31)28-22(13-19-5-8-27(43(34)41)24(33)14-19)26(15-18-3-4-18)37(36-28)30-35-25(17-42-30)29(38)39/h5-8,14,16-18,40H,1-4,10-11,13,15H2,(H2,34,41)(H,38,39)/p+1. The highest BCUT2D eigenvalue weighted by molar-refractivity contribution is 7.82. The number of rotatable bonds is 8. The number of thiazole rings is 1. The Bertz CT molecular complexity index is 1810. The van der Waals surface area contributed by atoms with Crippen LogP contribution in [0.25, 0.3) is 16.4 Å². The second-order valence-corrected chi connectivity index (χ2v) is 13.1. The fraction of sp³-hybridized carbons (Fsp3) is 0.323. The van der Waals surface area contributed by atoms with Gasteiger partial charge in [-0.2, -0.15) is 5.10 Å². The molecule has 2 aromatic carbocycles. The van der Waals surface area contributed by atoms with Crippen molar-refractivity contribution >= 4 is 28.3 Å². The largest absolute Gasteiger partial charge is 0.476 e. The van der Waals surface area contributed by atoms with Crippen LogP contribution in [0.3, 0.4) is 0 Å². The Kier molecular flexibility index (Phi) is 8.00. The highest BCUT2D eigenvalue weighted by Gasteiger charge is 2.31. The van der Waals surface area contributed by atoms with E-state index in [4.69, 9.17) is 10.2 Å². The van der Waals surface area contributed by atoms with Crippen molar-refractivity contribution in [2.24, 2.45) is 11.1 Å². The molecule has 2 saturated carbocycles. The zero-order valence-corrected chi connectivity index (χ0v) is 24.7. The predicted octanol–water partition coefficient (Wildman–Crippen LogP) is 5.10. The Hall–Kier alpha value is -3.76. The molecule has 0 amide bonds. The maximum Gasteiger partial charge on any atom is 0.355 e. The molecule has 0 spiro atoms. The van der Waals surface area contributed by atoms with Gasteiger partial charge in [0.05, 0.1) is 17.0 Å². The van der Waals surface area contributed by atoms with Crippen molar-refractivity contribution in [1.82, 2.24) is 14.8 Å². The molecule has 8 nitrogen and oxygen atoms in total. The average molecular weight is 624 g/mol. The quantitative estimate of drug-likeness (QED) is 0.142. The zero-order valence-electron chi connectivity index (χ0n) is 23.0. The van der Waals surface area contributed by atoms with Crippen molar-refractivity contribution in [2.75, 3.05) is 0 Å². The molecule has 43 heavy (non-hydrogen) atoms. The van der Waals surface area contributed by atoms with Crippen LogP contribution in [0.5, 0.6) is 0 Å². The molecular weight excluding hydrogens is 594 g/mol. The van der Waals surface area contributed by atoms with Gasteiger partial charge >= 0.3 is 5.97 Å². The second-order valence-electron chi connectivity index (χ2n) is 11.1. The molecule has 12 heteroatoms. The number of nitrogens with zero attached hydrogens (tertiary/aromatic N) is 3. The molecule has 0 radical (unpaired) electrons. The van der Waals surface area contributed by atoms with E-state index in [1.807, 2.05) is 0 Å². The van der Waals surface area contributed by atoms with Gasteiger partial charge in [0, 0.05) is 22.9 Å². The number of halogens is 2. The summed E-state index contributed by atoms with van der Waals surface area (Å²) in [6.45, 7) is 0. The monoisotopic (exact) mass is 623 g/mol. The van der Waals surface area contributed by atoms with Crippen LogP contribution < -0.4 is 5.14 Å². The van der Waals surface area contributed by atoms with Crippen molar-refractivity contribution in [3.05, 3.63) is 81.5 Å². The summed E-state index contributed by atoms with van der Waals surface area (Å²) < 4.78 is 43.1. The highest BCUT2D eigenvalue weighted by atomic mass is 32.2. The van der Waals surface area contributed by atoms with Gasteiger partial charge in [-0.15, -0.1) is 16.5 Å². The number of carbonyl (C=O) groups is 1. The first kappa shape index (κ1) is 29.3. The van der Waals surface area contributed by atoms with Gasteiger partial charge < -0.3 is 10.2 Å². The number of aromatic carboxylic acids is 1. The third-order valence-electron chi connectivity index (χ3n) is 7.89. The summed E-state index contributed by atoms with van der Waals surface area (Å²) in [6, 6.07) is 8.86. The summed E-state index contributed by atoms with van der Waals surface area (Å²) in [6.07, 6.45) is 5.75. The van der Waals surface area contributed by atoms with E-state index in [9.17, 15) is 28.0 Å². The van der Waals surface area contributed by atoms with E-state index in [-0.39, 0.29) is 22.6 Å². The van der Waals surface area contributed by atoms with E-state index >= 15 is 0 Å². The first-order valence-corrected chi connectivity index (χ1v) is 16.2. The lowest BCUT2D eigenvalue weighted by molar-refractivity contribution is 0.0691. The number of thiol groups is 1. The predicted molar refractivity (Wildman–Crippen MR) is 159 cm³/mol. The molecule has 2 heterocycles. The smallest absolute Gasteiger partial charge is 0.355 e. The van der Waals surface area contributed by atoms with Crippen LogP contribution in [-0.2, 0) is 28.0 Å². The Labute approximate surface area is 253 Å². The molecule has 2 fully saturated rings. The molecule has 1 unspecified atom stereocenters. The van der Waals surface area contributed by atoms with E-state index in [2.05, 4.69) is 16.8 Å². The third kappa shape index (κ3) is 6.31. The lowest BCUT2D eigenvalue weighted by atomic mass is 9.96. The van der Waals surface area contributed by atoms with Crippen molar-refractivity contribution in [3.63, 3.8) is 0 Å². The van der Waals surface area contributed by atoms with Crippen LogP contribution in [0.1, 0.15) is 71.4 Å². The van der Waals surface area contributed by atoms with Crippen molar-refractivity contribution in [3.8, 4) is 28.2 Å². The minimum absolute atomic E-state index is 0.0671. The number of carboxylic acid groups (broad SMARTS) is 1. The lowest BCUT2D eigenvalue weighted by Crippen LogP contribution is -2.20. The molecule has 2 aromatic heterocycles. The van der Waals surface area contributed by atoms with Crippen molar-refractivity contribution < 1.29 is 28.0 Å². The molecule has 0 aliphatic heterocycles. The molecule has 0 saturated heterocycles. The van der Waals surface area contributed by atoms with E-state index in [1.54, 1.807) is 22.9 Å². The third-order valence-corrected chi connectivity index (χ3v) is 9.55. The maximum absolute atomic E-state index is 14.9. The summed E-state index contributed by atoms with van der Waals surface area (Å²) in [5, 5.41) is 32.3. The number of benzene rings is 2. The maximum atomic E-state index is 14.9. The van der Waals surface area contributed by atoms with E-state index < -0.39 is 34.2 Å². The average Bonchev–Trinajstić information content (AvgIpc) is 3.31. The van der Waals surface area contributed by atoms with Gasteiger partial charge in [-0.1, -0.05) is 22.1 Å². The minimum atomic E-state index is -2.35. The number of aliphatic hydroxyl groups is 1. The van der Waals surface area contributed by atoms with Crippen LogP contribution in [0.15, 0.2) is 46.7 Å². The summed E-state index contributed by atoms with van der Waals surface area (Å²) in [5.74, 6) is 3.74. The number of aromatic nitrogens is 3. The van der Waals surface area contributed by atoms with E-state index in [0.717, 1.165) is 48.3 Å². The highest BCUT2D eigenvalue weighted by Crippen LogP contribution is 2.38. The topological polar surface area (TPSA) is 131 Å². The Morgan fingerprint density at radius 1 is 1.16 bits per heavy atom. The van der Waals surface area contributed by atoms with Gasteiger partial charge in [0.15, 0.2) is 22.5 Å². The van der Waals surface area contributed by atoms with Gasteiger partial charge in [-0.3, -0.25) is 0 Å². The number of hydrogen-bond acceptors (Lipinski definition) is 6. The SMILES string of the molecule is N[SH+](=O)c1ccc(Cc2c(-c3ccc(F)c(C#CC4(O)CCCC4)c3)nn(-c3nc(C(=O)O)cs3)c2CC2CC2)cc1F. The number of carboxylic acids is 1. The molecule has 4 N–H and O–H groups in total. The molecular formula is C31H29F2N4O4S2+. The fourth-order valence-electron chi connectivity index (χ4n) is 5.41. The number of nitrogens with two attached hydrogens (primary N) is 1. The molecule has 2 aliphatic rings. The first-order valence-electron chi connectivity index (χ1n) is 14.0.